The summed E-state index contributed by atoms with van der Waals surface area (Å²) in [4.78, 5) is 0.461. The van der Waals surface area contributed by atoms with E-state index in [1.807, 2.05) is 0 Å². The molecule has 16 heavy (non-hydrogen) atoms. The standard InChI is InChI=1S/C12H8O3S/c13-16(14)11-7-3-1-5-9(11)15-10-6-2-4-8-12(10)16/h1-8H. The predicted octanol–water partition coefficient (Wildman–Crippen LogP) is 2.63. The van der Waals surface area contributed by atoms with Crippen LogP contribution >= 0.6 is 0 Å². The Labute approximate surface area is 93.2 Å². The number of para-hydroxylation sites is 2. The van der Waals surface area contributed by atoms with Gasteiger partial charge in [0, 0.05) is 0 Å². The van der Waals surface area contributed by atoms with Crippen molar-refractivity contribution in [3.63, 3.8) is 0 Å². The second-order valence-electron chi connectivity index (χ2n) is 3.50. The Morgan fingerprint density at radius 2 is 1.19 bits per heavy atom. The summed E-state index contributed by atoms with van der Waals surface area (Å²) >= 11 is 0. The number of fused-ring (bicyclic) bond motifs is 2. The first kappa shape index (κ1) is 9.42. The van der Waals surface area contributed by atoms with E-state index in [9.17, 15) is 8.42 Å². The fraction of sp³-hybridized carbons (Fsp3) is 0. The van der Waals surface area contributed by atoms with Crippen molar-refractivity contribution in [3.05, 3.63) is 48.5 Å². The van der Waals surface area contributed by atoms with E-state index in [4.69, 9.17) is 4.74 Å². The molecule has 1 aliphatic heterocycles. The van der Waals surface area contributed by atoms with Crippen molar-refractivity contribution in [2.75, 3.05) is 0 Å². The summed E-state index contributed by atoms with van der Waals surface area (Å²) in [6.07, 6.45) is 0. The molecule has 0 atom stereocenters. The second kappa shape index (κ2) is 3.09. The minimum atomic E-state index is -3.43. The average Bonchev–Trinajstić information content (AvgIpc) is 2.29. The van der Waals surface area contributed by atoms with Crippen LogP contribution in [-0.4, -0.2) is 8.42 Å². The molecular weight excluding hydrogens is 224 g/mol. The first-order chi connectivity index (χ1) is 7.69. The van der Waals surface area contributed by atoms with Gasteiger partial charge in [-0.1, -0.05) is 24.3 Å². The molecule has 0 fully saturated rings. The third-order valence-corrected chi connectivity index (χ3v) is 4.33. The van der Waals surface area contributed by atoms with Gasteiger partial charge in [-0.3, -0.25) is 0 Å². The van der Waals surface area contributed by atoms with Gasteiger partial charge in [0.1, 0.15) is 21.3 Å². The molecule has 0 aromatic heterocycles. The highest BCUT2D eigenvalue weighted by Gasteiger charge is 2.30. The van der Waals surface area contributed by atoms with E-state index in [0.29, 0.717) is 11.5 Å². The lowest BCUT2D eigenvalue weighted by Crippen LogP contribution is -2.10. The van der Waals surface area contributed by atoms with Crippen LogP contribution in [0.1, 0.15) is 0 Å². The molecule has 0 unspecified atom stereocenters. The van der Waals surface area contributed by atoms with Gasteiger partial charge in [-0.05, 0) is 24.3 Å². The third-order valence-electron chi connectivity index (χ3n) is 2.50. The van der Waals surface area contributed by atoms with E-state index in [-0.39, 0.29) is 9.79 Å². The van der Waals surface area contributed by atoms with E-state index in [1.165, 1.54) is 0 Å². The van der Waals surface area contributed by atoms with Crippen LogP contribution in [0, 0.1) is 0 Å². The van der Waals surface area contributed by atoms with Gasteiger partial charge in [0.2, 0.25) is 9.84 Å². The number of benzene rings is 2. The van der Waals surface area contributed by atoms with Crippen molar-refractivity contribution in [2.24, 2.45) is 0 Å². The quantitative estimate of drug-likeness (QED) is 0.598. The molecule has 0 N–H and O–H groups in total. The molecule has 0 bridgehead atoms. The monoisotopic (exact) mass is 232 g/mol. The van der Waals surface area contributed by atoms with E-state index in [2.05, 4.69) is 0 Å². The number of hydrogen-bond donors (Lipinski definition) is 0. The Hall–Kier alpha value is -1.81. The van der Waals surface area contributed by atoms with Crippen LogP contribution in [0.4, 0.5) is 0 Å². The molecule has 0 aliphatic carbocycles. The number of hydrogen-bond acceptors (Lipinski definition) is 3. The van der Waals surface area contributed by atoms with Crippen LogP contribution in [0.3, 0.4) is 0 Å². The number of rotatable bonds is 0. The van der Waals surface area contributed by atoms with Gasteiger partial charge in [-0.15, -0.1) is 0 Å². The van der Waals surface area contributed by atoms with E-state index in [1.54, 1.807) is 48.5 Å². The maximum atomic E-state index is 12.2. The van der Waals surface area contributed by atoms with Gasteiger partial charge >= 0.3 is 0 Å². The highest BCUT2D eigenvalue weighted by molar-refractivity contribution is 7.91. The highest BCUT2D eigenvalue weighted by Crippen LogP contribution is 2.41. The van der Waals surface area contributed by atoms with Crippen molar-refractivity contribution in [1.29, 1.82) is 0 Å². The SMILES string of the molecule is O=S1(=O)c2ccccc2Oc2ccccc21. The minimum absolute atomic E-state index is 0.230. The Morgan fingerprint density at radius 3 is 1.69 bits per heavy atom. The first-order valence-electron chi connectivity index (χ1n) is 4.80. The Balaban J connectivity index is 2.37. The third kappa shape index (κ3) is 1.17. The van der Waals surface area contributed by atoms with Crippen LogP contribution in [0.25, 0.3) is 0 Å². The van der Waals surface area contributed by atoms with E-state index in [0.717, 1.165) is 0 Å². The second-order valence-corrected chi connectivity index (χ2v) is 5.39. The summed E-state index contributed by atoms with van der Waals surface area (Å²) in [6.45, 7) is 0. The number of ether oxygens (including phenoxy) is 1. The fourth-order valence-corrected chi connectivity index (χ4v) is 3.25. The molecule has 0 radical (unpaired) electrons. The zero-order chi connectivity index (χ0) is 11.2. The Kier molecular flexibility index (Phi) is 1.82. The van der Waals surface area contributed by atoms with Crippen molar-refractivity contribution in [1.82, 2.24) is 0 Å². The average molecular weight is 232 g/mol. The Morgan fingerprint density at radius 1 is 0.750 bits per heavy atom. The maximum absolute atomic E-state index is 12.2. The summed E-state index contributed by atoms with van der Waals surface area (Å²) in [6, 6.07) is 13.3. The molecule has 1 aliphatic rings. The highest BCUT2D eigenvalue weighted by atomic mass is 32.2. The number of sulfone groups is 1. The fourth-order valence-electron chi connectivity index (χ4n) is 1.75. The van der Waals surface area contributed by atoms with Gasteiger partial charge in [0.15, 0.2) is 0 Å². The molecule has 0 spiro atoms. The molecule has 80 valence electrons. The molecule has 4 heteroatoms. The minimum Gasteiger partial charge on any atom is -0.455 e. The van der Waals surface area contributed by atoms with Crippen LogP contribution in [0.5, 0.6) is 11.5 Å². The topological polar surface area (TPSA) is 43.4 Å². The van der Waals surface area contributed by atoms with Crippen molar-refractivity contribution >= 4 is 9.84 Å². The lowest BCUT2D eigenvalue weighted by Gasteiger charge is -2.19. The molecule has 1 heterocycles. The Bertz CT molecular complexity index is 608. The molecular formula is C12H8O3S. The lowest BCUT2D eigenvalue weighted by atomic mass is 10.3. The van der Waals surface area contributed by atoms with Crippen LogP contribution < -0.4 is 4.74 Å². The van der Waals surface area contributed by atoms with Gasteiger partial charge in [-0.25, -0.2) is 8.42 Å². The summed E-state index contributed by atoms with van der Waals surface area (Å²) < 4.78 is 30.0. The maximum Gasteiger partial charge on any atom is 0.213 e. The van der Waals surface area contributed by atoms with Gasteiger partial charge in [0.05, 0.1) is 0 Å². The molecule has 3 nitrogen and oxygen atoms in total. The van der Waals surface area contributed by atoms with Crippen molar-refractivity contribution in [2.45, 2.75) is 9.79 Å². The molecule has 0 amide bonds. The lowest BCUT2D eigenvalue weighted by molar-refractivity contribution is 0.443. The van der Waals surface area contributed by atoms with Crippen molar-refractivity contribution in [3.8, 4) is 11.5 Å². The smallest absolute Gasteiger partial charge is 0.213 e. The van der Waals surface area contributed by atoms with Gasteiger partial charge < -0.3 is 4.74 Å². The zero-order valence-electron chi connectivity index (χ0n) is 8.25. The zero-order valence-corrected chi connectivity index (χ0v) is 9.07. The van der Waals surface area contributed by atoms with Gasteiger partial charge in [-0.2, -0.15) is 0 Å². The molecule has 2 aromatic carbocycles. The van der Waals surface area contributed by atoms with E-state index < -0.39 is 9.84 Å². The molecule has 3 rings (SSSR count). The summed E-state index contributed by atoms with van der Waals surface area (Å²) in [5.41, 5.74) is 0. The molecule has 0 saturated carbocycles. The van der Waals surface area contributed by atoms with Crippen molar-refractivity contribution < 1.29 is 13.2 Å². The van der Waals surface area contributed by atoms with Crippen LogP contribution in [-0.2, 0) is 9.84 Å². The van der Waals surface area contributed by atoms with Crippen LogP contribution in [0.15, 0.2) is 58.3 Å². The molecule has 2 aromatic rings. The normalized spacial score (nSPS) is 15.8. The summed E-state index contributed by atoms with van der Waals surface area (Å²) in [7, 11) is -3.43. The summed E-state index contributed by atoms with van der Waals surface area (Å²) in [5, 5.41) is 0. The first-order valence-corrected chi connectivity index (χ1v) is 6.29. The van der Waals surface area contributed by atoms with Crippen LogP contribution in [0.2, 0.25) is 0 Å². The summed E-state index contributed by atoms with van der Waals surface area (Å²) in [5.74, 6) is 0.780. The largest absolute Gasteiger partial charge is 0.455 e. The van der Waals surface area contributed by atoms with E-state index >= 15 is 0 Å². The molecule has 0 saturated heterocycles. The van der Waals surface area contributed by atoms with Gasteiger partial charge in [0.25, 0.3) is 0 Å². The predicted molar refractivity (Wildman–Crippen MR) is 58.4 cm³/mol.